The lowest BCUT2D eigenvalue weighted by Crippen LogP contribution is -2.37. The van der Waals surface area contributed by atoms with Gasteiger partial charge < -0.3 is 0 Å². The highest BCUT2D eigenvalue weighted by Gasteiger charge is 2.53. The summed E-state index contributed by atoms with van der Waals surface area (Å²) in [4.78, 5) is 0. The number of rotatable bonds is 5. The Bertz CT molecular complexity index is 9600. The number of nitrogens with zero attached hydrogens (tertiary/aromatic N) is 4. The van der Waals surface area contributed by atoms with Crippen LogP contribution in [0.4, 0.5) is 45.5 Å². The summed E-state index contributed by atoms with van der Waals surface area (Å²) in [5.41, 5.74) is 37.1. The molecule has 4 unspecified atom stereocenters. The van der Waals surface area contributed by atoms with E-state index in [2.05, 4.69) is 407 Å². The third-order valence-electron chi connectivity index (χ3n) is 30.3. The van der Waals surface area contributed by atoms with E-state index in [1.165, 1.54) is 49.4 Å². The molecule has 0 N–H and O–H groups in total. The maximum atomic E-state index is 15.4. The molecule has 23 aromatic carbocycles. The SMILES string of the molecule is O=P12c3ccccc3-c3ccccc3N1c1ccc(-c3ccc(-c4ccccc4)cc3)cc1-c1ccccc12.O=P12c3ccccc3-c3ccccc3N1c1ccc(-c3ccc4ccccc4c3)cc1-c1ccccc12.O=P12c3ccccc3-c3ccccc3N1c1ccc(-c3cccc4ccccc34)cc1-c1ccccc12.O=P12c3ccccc3-c3ccccc3N1c1ccc(-c3ccccc3)cc1-c1ccccc12. The molecular weight excluding hydrogens is 1850 g/mol. The Kier molecular flexibility index (Phi) is 20.3. The Labute approximate surface area is 847 Å². The molecule has 8 aliphatic heterocycles. The minimum absolute atomic E-state index is 0.899. The van der Waals surface area contributed by atoms with E-state index in [0.717, 1.165) is 205 Å². The van der Waals surface area contributed by atoms with Crippen LogP contribution in [0.1, 0.15) is 0 Å². The predicted octanol–water partition coefficient (Wildman–Crippen LogP) is 33.5. The van der Waals surface area contributed by atoms with E-state index in [1.54, 1.807) is 0 Å². The third kappa shape index (κ3) is 13.2. The molecule has 8 nitrogen and oxygen atoms in total. The summed E-state index contributed by atoms with van der Waals surface area (Å²) in [6, 6.07) is 185. The van der Waals surface area contributed by atoms with Crippen LogP contribution >= 0.6 is 29.2 Å². The van der Waals surface area contributed by atoms with Crippen LogP contribution in [0.2, 0.25) is 0 Å². The summed E-state index contributed by atoms with van der Waals surface area (Å²) in [5.74, 6) is 0. The van der Waals surface area contributed by atoms with Crippen LogP contribution in [0.3, 0.4) is 0 Å². The van der Waals surface area contributed by atoms with Gasteiger partial charge in [0.15, 0.2) is 0 Å². The van der Waals surface area contributed by atoms with Gasteiger partial charge in [-0.05, 0) is 249 Å². The zero-order chi connectivity index (χ0) is 97.1. The Morgan fingerprint density at radius 3 is 0.658 bits per heavy atom. The summed E-state index contributed by atoms with van der Waals surface area (Å²) in [6.07, 6.45) is 0. The van der Waals surface area contributed by atoms with Gasteiger partial charge in [-0.25, -0.2) is 0 Å². The lowest BCUT2D eigenvalue weighted by molar-refractivity contribution is 0.586. The molecule has 0 radical (unpaired) electrons. The molecule has 8 heterocycles. The average Bonchev–Trinajstić information content (AvgIpc) is 0.698. The van der Waals surface area contributed by atoms with Crippen molar-refractivity contribution < 1.29 is 18.3 Å². The van der Waals surface area contributed by atoms with Crippen LogP contribution in [0.15, 0.2) is 534 Å². The molecule has 0 amide bonds. The van der Waals surface area contributed by atoms with Gasteiger partial charge in [-0.15, -0.1) is 0 Å². The number of hydrogen-bond donors (Lipinski definition) is 0. The molecule has 146 heavy (non-hydrogen) atoms. The summed E-state index contributed by atoms with van der Waals surface area (Å²) < 4.78 is 70.1. The van der Waals surface area contributed by atoms with Crippen LogP contribution in [-0.4, -0.2) is 0 Å². The van der Waals surface area contributed by atoms with E-state index in [0.29, 0.717) is 0 Å². The average molecular weight is 1940 g/mol. The van der Waals surface area contributed by atoms with Crippen LogP contribution < -0.4 is 61.1 Å². The fourth-order valence-corrected chi connectivity index (χ4v) is 36.9. The first kappa shape index (κ1) is 86.6. The largest absolute Gasteiger partial charge is 0.289 e. The van der Waals surface area contributed by atoms with Gasteiger partial charge in [0.2, 0.25) is 29.2 Å². The van der Waals surface area contributed by atoms with Crippen molar-refractivity contribution in [2.75, 3.05) is 18.7 Å². The highest BCUT2D eigenvalue weighted by atomic mass is 31.2. The van der Waals surface area contributed by atoms with Crippen molar-refractivity contribution in [3.8, 4) is 145 Å². The van der Waals surface area contributed by atoms with Crippen molar-refractivity contribution >= 4 is 139 Å². The maximum absolute atomic E-state index is 15.4. The van der Waals surface area contributed by atoms with E-state index in [-0.39, 0.29) is 0 Å². The van der Waals surface area contributed by atoms with Crippen molar-refractivity contribution in [1.29, 1.82) is 0 Å². The number of para-hydroxylation sites is 4. The Morgan fingerprint density at radius 1 is 0.116 bits per heavy atom. The van der Waals surface area contributed by atoms with Crippen molar-refractivity contribution in [2.45, 2.75) is 0 Å². The van der Waals surface area contributed by atoms with Gasteiger partial charge in [0.25, 0.3) is 0 Å². The van der Waals surface area contributed by atoms with E-state index in [1.807, 2.05) is 146 Å². The summed E-state index contributed by atoms with van der Waals surface area (Å²) in [6.45, 7) is 0. The second-order valence-corrected chi connectivity index (χ2v) is 48.1. The predicted molar refractivity (Wildman–Crippen MR) is 613 cm³/mol. The summed E-state index contributed by atoms with van der Waals surface area (Å²) in [7, 11) is -12.6. The second kappa shape index (κ2) is 34.2. The van der Waals surface area contributed by atoms with Crippen molar-refractivity contribution in [2.24, 2.45) is 0 Å². The topological polar surface area (TPSA) is 81.2 Å². The van der Waals surface area contributed by atoms with Gasteiger partial charge in [0.05, 0.1) is 45.5 Å². The quantitative estimate of drug-likeness (QED) is 0.158. The number of anilines is 8. The van der Waals surface area contributed by atoms with Gasteiger partial charge in [0, 0.05) is 86.9 Å². The molecule has 8 aliphatic rings. The standard InChI is InChI=1S/C36H24NOP.2C34H22NOP.C30H20NOP/c38-39-35-16-8-5-13-30(35)29-12-4-7-15-33(29)37(39)34-23-22-28(24-32(34)31-14-6-9-17-36(31)39)27-20-18-26(19-21-27)25-10-2-1-3-11-25;36-37-33-18-7-4-14-28(33)27-13-3-6-17-31(27)35(37)32-21-20-24(22-30(32)29-15-5-8-19-34(29)37)26-16-9-11-23-10-1-2-12-25(23)26;36-37-33-15-7-4-12-28(33)27-11-3-6-14-31(27)35(37)32-20-19-26(22-30(32)29-13-5-8-16-34(29)37)25-18-17-23-9-1-2-10-24(23)21-25;32-33-29-16-8-5-13-24(29)23-12-4-7-15-27(23)31(33)28-19-18-22(21-10-2-1-3-11-21)20-26(28)25-14-6-9-17-30(25)33/h1-24H;2*1-22H;1-20H. The first-order valence-electron chi connectivity index (χ1n) is 49.5. The number of hydrogen-bond acceptors (Lipinski definition) is 4. The second-order valence-electron chi connectivity index (χ2n) is 38.1. The van der Waals surface area contributed by atoms with E-state index in [4.69, 9.17) is 0 Å². The van der Waals surface area contributed by atoms with Gasteiger partial charge in [-0.2, -0.15) is 0 Å². The molecular formula is C134H88N4O4P4. The molecule has 0 bridgehead atoms. The molecule has 0 aromatic heterocycles. The monoisotopic (exact) mass is 1940 g/mol. The fraction of sp³-hybridized carbons (Fsp3) is 0. The fourth-order valence-electron chi connectivity index (χ4n) is 23.8. The normalized spacial score (nSPS) is 16.8. The van der Waals surface area contributed by atoms with E-state index < -0.39 is 29.2 Å². The minimum atomic E-state index is -3.16. The first-order valence-corrected chi connectivity index (χ1v) is 56.2. The molecule has 688 valence electrons. The smallest absolute Gasteiger partial charge is 0.235 e. The molecule has 0 aliphatic carbocycles. The minimum Gasteiger partial charge on any atom is -0.289 e. The molecule has 0 fully saturated rings. The molecule has 23 aromatic rings. The van der Waals surface area contributed by atoms with Crippen LogP contribution in [0.25, 0.3) is 166 Å². The van der Waals surface area contributed by atoms with Gasteiger partial charge in [0.1, 0.15) is 0 Å². The first-order chi connectivity index (χ1) is 72.0. The molecule has 0 spiro atoms. The molecule has 12 heteroatoms. The Hall–Kier alpha value is -17.3. The lowest BCUT2D eigenvalue weighted by Gasteiger charge is -2.44. The van der Waals surface area contributed by atoms with Crippen molar-refractivity contribution in [3.63, 3.8) is 0 Å². The van der Waals surface area contributed by atoms with Gasteiger partial charge >= 0.3 is 0 Å². The highest BCUT2D eigenvalue weighted by Crippen LogP contribution is 2.71. The Balaban J connectivity index is 0.0000000944. The van der Waals surface area contributed by atoms with Crippen molar-refractivity contribution in [1.82, 2.24) is 0 Å². The number of fused-ring (bicyclic) bond motifs is 46. The highest BCUT2D eigenvalue weighted by molar-refractivity contribution is 7.82. The zero-order valence-electron chi connectivity index (χ0n) is 79.0. The van der Waals surface area contributed by atoms with Crippen molar-refractivity contribution in [3.05, 3.63) is 534 Å². The van der Waals surface area contributed by atoms with E-state index in [9.17, 15) is 0 Å². The summed E-state index contributed by atoms with van der Waals surface area (Å²) in [5, 5.41) is 12.2. The van der Waals surface area contributed by atoms with Gasteiger partial charge in [-0.3, -0.25) is 36.9 Å². The van der Waals surface area contributed by atoms with Crippen LogP contribution in [0, 0.1) is 0 Å². The molecule has 31 rings (SSSR count). The van der Waals surface area contributed by atoms with Crippen LogP contribution in [-0.2, 0) is 18.3 Å². The molecule has 4 atom stereocenters. The zero-order valence-corrected chi connectivity index (χ0v) is 82.6. The maximum Gasteiger partial charge on any atom is 0.235 e. The molecule has 0 saturated heterocycles. The van der Waals surface area contributed by atoms with Crippen LogP contribution in [0.5, 0.6) is 0 Å². The summed E-state index contributed by atoms with van der Waals surface area (Å²) >= 11 is 0. The number of benzene rings is 23. The Morgan fingerprint density at radius 2 is 0.315 bits per heavy atom. The van der Waals surface area contributed by atoms with E-state index >= 15 is 18.3 Å². The molecule has 0 saturated carbocycles. The van der Waals surface area contributed by atoms with Gasteiger partial charge in [-0.1, -0.05) is 406 Å². The lowest BCUT2D eigenvalue weighted by atomic mass is 9.93. The third-order valence-corrected chi connectivity index (χ3v) is 42.7.